The lowest BCUT2D eigenvalue weighted by molar-refractivity contribution is 0.0820. The molecule has 0 bridgehead atoms. The molecule has 2 heterocycles. The summed E-state index contributed by atoms with van der Waals surface area (Å²) in [6.45, 7) is 5.19. The number of hydrogen-bond donors (Lipinski definition) is 1. The number of carbonyl (C=O) groups is 1. The predicted molar refractivity (Wildman–Crippen MR) is 113 cm³/mol. The van der Waals surface area contributed by atoms with E-state index in [1.54, 1.807) is 30.3 Å². The average molecular weight is 396 g/mol. The molecule has 6 nitrogen and oxygen atoms in total. The number of rotatable bonds is 6. The molecule has 1 amide bonds. The zero-order valence-corrected chi connectivity index (χ0v) is 17.1. The fourth-order valence-corrected chi connectivity index (χ4v) is 4.66. The Labute approximate surface area is 168 Å². The second-order valence-corrected chi connectivity index (χ2v) is 8.46. The molecular formula is C21H25N5OS. The van der Waals surface area contributed by atoms with Crippen molar-refractivity contribution in [1.29, 1.82) is 0 Å². The van der Waals surface area contributed by atoms with Gasteiger partial charge < -0.3 is 10.2 Å². The summed E-state index contributed by atoms with van der Waals surface area (Å²) in [5.41, 5.74) is 3.88. The van der Waals surface area contributed by atoms with Crippen LogP contribution >= 0.6 is 11.3 Å². The number of hydrogen-bond acceptors (Lipinski definition) is 5. The number of allylic oxidation sites excluding steroid dienone is 1. The molecule has 0 aliphatic heterocycles. The zero-order chi connectivity index (χ0) is 19.7. The highest BCUT2D eigenvalue weighted by Crippen LogP contribution is 2.27. The number of fused-ring (bicyclic) bond motifs is 2. The van der Waals surface area contributed by atoms with Gasteiger partial charge in [0.2, 0.25) is 0 Å². The van der Waals surface area contributed by atoms with Crippen LogP contribution in [-0.4, -0.2) is 45.7 Å². The first-order valence-electron chi connectivity index (χ1n) is 9.55. The molecular weight excluding hydrogens is 370 g/mol. The van der Waals surface area contributed by atoms with Crippen LogP contribution in [0.25, 0.3) is 10.2 Å². The van der Waals surface area contributed by atoms with Crippen molar-refractivity contribution in [3.63, 3.8) is 0 Å². The van der Waals surface area contributed by atoms with Gasteiger partial charge >= 0.3 is 0 Å². The molecule has 1 N–H and O–H groups in total. The Bertz CT molecular complexity index is 986. The fraction of sp³-hybridized carbons (Fsp3) is 0.381. The van der Waals surface area contributed by atoms with Crippen molar-refractivity contribution >= 4 is 27.5 Å². The number of nitrogens with zero attached hydrogens (tertiary/aromatic N) is 4. The fourth-order valence-electron chi connectivity index (χ4n) is 3.75. The Morgan fingerprint density at radius 1 is 1.43 bits per heavy atom. The van der Waals surface area contributed by atoms with E-state index >= 15 is 0 Å². The molecule has 0 radical (unpaired) electrons. The van der Waals surface area contributed by atoms with Gasteiger partial charge in [0.1, 0.15) is 5.01 Å². The number of benzene rings is 1. The van der Waals surface area contributed by atoms with Crippen LogP contribution < -0.4 is 5.32 Å². The summed E-state index contributed by atoms with van der Waals surface area (Å²) in [6, 6.07) is 8.54. The van der Waals surface area contributed by atoms with E-state index in [4.69, 9.17) is 4.98 Å². The predicted octanol–water partition coefficient (Wildman–Crippen LogP) is 3.03. The molecule has 0 spiro atoms. The Hall–Kier alpha value is -2.51. The number of amides is 1. The highest BCUT2D eigenvalue weighted by Gasteiger charge is 2.29. The van der Waals surface area contributed by atoms with Crippen LogP contribution in [-0.2, 0) is 25.9 Å². The van der Waals surface area contributed by atoms with Crippen molar-refractivity contribution < 1.29 is 4.79 Å². The van der Waals surface area contributed by atoms with Crippen LogP contribution in [0.3, 0.4) is 0 Å². The van der Waals surface area contributed by atoms with E-state index in [-0.39, 0.29) is 5.91 Å². The van der Waals surface area contributed by atoms with Crippen LogP contribution in [0.5, 0.6) is 0 Å². The van der Waals surface area contributed by atoms with Gasteiger partial charge in [-0.15, -0.1) is 17.9 Å². The van der Waals surface area contributed by atoms with Crippen molar-refractivity contribution in [2.45, 2.75) is 38.4 Å². The lowest BCUT2D eigenvalue weighted by Gasteiger charge is -2.24. The van der Waals surface area contributed by atoms with Gasteiger partial charge in [-0.25, -0.2) is 4.98 Å². The topological polar surface area (TPSA) is 63.1 Å². The third-order valence-corrected chi connectivity index (χ3v) is 6.17. The third kappa shape index (κ3) is 3.59. The SMILES string of the molecule is C=CCn1nc(C(=O)N(C)C)c2c1CCC(NCc1nc3ccccc3s1)C2. The second-order valence-electron chi connectivity index (χ2n) is 7.34. The maximum atomic E-state index is 12.6. The van der Waals surface area contributed by atoms with Gasteiger partial charge in [-0.1, -0.05) is 18.2 Å². The summed E-state index contributed by atoms with van der Waals surface area (Å²) in [5.74, 6) is -0.0362. The van der Waals surface area contributed by atoms with Crippen molar-refractivity contribution in [1.82, 2.24) is 25.0 Å². The van der Waals surface area contributed by atoms with Crippen molar-refractivity contribution in [3.8, 4) is 0 Å². The first-order valence-corrected chi connectivity index (χ1v) is 10.4. The minimum absolute atomic E-state index is 0.0362. The second kappa shape index (κ2) is 7.85. The number of nitrogens with one attached hydrogen (secondary N) is 1. The van der Waals surface area contributed by atoms with E-state index < -0.39 is 0 Å². The molecule has 4 rings (SSSR count). The molecule has 1 aromatic carbocycles. The summed E-state index contributed by atoms with van der Waals surface area (Å²) >= 11 is 1.73. The van der Waals surface area contributed by atoms with Crippen molar-refractivity contribution in [2.24, 2.45) is 0 Å². The van der Waals surface area contributed by atoms with Crippen LogP contribution in [0.4, 0.5) is 0 Å². The summed E-state index contributed by atoms with van der Waals surface area (Å²) < 4.78 is 3.15. The van der Waals surface area contributed by atoms with E-state index in [0.29, 0.717) is 18.3 Å². The largest absolute Gasteiger partial charge is 0.343 e. The van der Waals surface area contributed by atoms with Gasteiger partial charge in [0.25, 0.3) is 5.91 Å². The molecule has 0 saturated carbocycles. The van der Waals surface area contributed by atoms with Crippen LogP contribution in [0.15, 0.2) is 36.9 Å². The highest BCUT2D eigenvalue weighted by molar-refractivity contribution is 7.18. The smallest absolute Gasteiger partial charge is 0.274 e. The maximum absolute atomic E-state index is 12.6. The van der Waals surface area contributed by atoms with Gasteiger partial charge in [-0.05, 0) is 31.4 Å². The Morgan fingerprint density at radius 3 is 3.00 bits per heavy atom. The summed E-state index contributed by atoms with van der Waals surface area (Å²) in [7, 11) is 3.54. The molecule has 1 aliphatic rings. The molecule has 1 aliphatic carbocycles. The highest BCUT2D eigenvalue weighted by atomic mass is 32.1. The first kappa shape index (κ1) is 18.8. The van der Waals surface area contributed by atoms with E-state index in [2.05, 4.69) is 29.1 Å². The molecule has 1 atom stereocenters. The lowest BCUT2D eigenvalue weighted by Crippen LogP contribution is -2.35. The standard InChI is InChI=1S/C21H25N5OS/c1-4-11-26-17-10-9-14(12-15(17)20(24-26)21(27)25(2)3)22-13-19-23-16-7-5-6-8-18(16)28-19/h4-8,14,22H,1,9-13H2,2-3H3. The Kier molecular flexibility index (Phi) is 5.28. The summed E-state index contributed by atoms with van der Waals surface area (Å²) in [5, 5.41) is 9.34. The first-order chi connectivity index (χ1) is 13.6. The lowest BCUT2D eigenvalue weighted by atomic mass is 9.91. The van der Waals surface area contributed by atoms with Crippen LogP contribution in [0, 0.1) is 0 Å². The number of thiazole rings is 1. The third-order valence-electron chi connectivity index (χ3n) is 5.14. The molecule has 2 aromatic heterocycles. The van der Waals surface area contributed by atoms with E-state index in [1.807, 2.05) is 22.9 Å². The molecule has 3 aromatic rings. The normalized spacial score (nSPS) is 16.1. The summed E-state index contributed by atoms with van der Waals surface area (Å²) in [4.78, 5) is 18.9. The molecule has 7 heteroatoms. The Morgan fingerprint density at radius 2 is 2.25 bits per heavy atom. The Balaban J connectivity index is 1.51. The van der Waals surface area contributed by atoms with Crippen LogP contribution in [0.1, 0.15) is 33.2 Å². The van der Waals surface area contributed by atoms with Gasteiger partial charge in [-0.3, -0.25) is 9.48 Å². The zero-order valence-electron chi connectivity index (χ0n) is 16.3. The molecule has 0 saturated heterocycles. The maximum Gasteiger partial charge on any atom is 0.274 e. The minimum Gasteiger partial charge on any atom is -0.343 e. The van der Waals surface area contributed by atoms with Crippen LogP contribution in [0.2, 0.25) is 0 Å². The molecule has 28 heavy (non-hydrogen) atoms. The van der Waals surface area contributed by atoms with Crippen molar-refractivity contribution in [2.75, 3.05) is 14.1 Å². The van der Waals surface area contributed by atoms with E-state index in [0.717, 1.165) is 41.9 Å². The van der Waals surface area contributed by atoms with E-state index in [9.17, 15) is 4.79 Å². The van der Waals surface area contributed by atoms with Gasteiger partial charge in [-0.2, -0.15) is 5.10 Å². The quantitative estimate of drug-likeness (QED) is 0.652. The van der Waals surface area contributed by atoms with Gasteiger partial charge in [0.05, 0.1) is 16.8 Å². The number of para-hydroxylation sites is 1. The van der Waals surface area contributed by atoms with Gasteiger partial charge in [0.15, 0.2) is 5.69 Å². The monoisotopic (exact) mass is 395 g/mol. The minimum atomic E-state index is -0.0362. The molecule has 1 unspecified atom stereocenters. The number of carbonyl (C=O) groups excluding carboxylic acids is 1. The van der Waals surface area contributed by atoms with Gasteiger partial charge in [0, 0.05) is 37.9 Å². The number of aromatic nitrogens is 3. The van der Waals surface area contributed by atoms with Crippen molar-refractivity contribution in [3.05, 3.63) is 58.9 Å². The molecule has 0 fully saturated rings. The van der Waals surface area contributed by atoms with E-state index in [1.165, 1.54) is 10.4 Å². The molecule has 146 valence electrons. The average Bonchev–Trinajstić information content (AvgIpc) is 3.27. The summed E-state index contributed by atoms with van der Waals surface area (Å²) in [6.07, 6.45) is 4.58.